The lowest BCUT2D eigenvalue weighted by Gasteiger charge is -2.17. The smallest absolute Gasteiger partial charge is 0.373 e. The van der Waals surface area contributed by atoms with E-state index in [1.807, 2.05) is 13.8 Å². The summed E-state index contributed by atoms with van der Waals surface area (Å²) in [5.74, 6) is 1.63. The highest BCUT2D eigenvalue weighted by Crippen LogP contribution is 2.52. The zero-order valence-electron chi connectivity index (χ0n) is 10.8. The Morgan fingerprint density at radius 2 is 2.17 bits per heavy atom. The van der Waals surface area contributed by atoms with Gasteiger partial charge in [-0.15, -0.1) is 0 Å². The predicted molar refractivity (Wildman–Crippen MR) is 65.7 cm³/mol. The highest BCUT2D eigenvalue weighted by atomic mass is 16.4. The molecule has 1 N–H and O–H groups in total. The van der Waals surface area contributed by atoms with Crippen molar-refractivity contribution in [3.05, 3.63) is 17.3 Å². The molecule has 2 fully saturated rings. The monoisotopic (exact) mass is 249 g/mol. The van der Waals surface area contributed by atoms with E-state index in [1.165, 1.54) is 19.3 Å². The molecule has 0 saturated heterocycles. The minimum atomic E-state index is -0.999. The van der Waals surface area contributed by atoms with Crippen LogP contribution in [0.15, 0.2) is 4.42 Å². The number of carboxylic acids is 1. The fourth-order valence-electron chi connectivity index (χ4n) is 3.60. The Hall–Kier alpha value is -1.32. The van der Waals surface area contributed by atoms with Crippen molar-refractivity contribution in [2.75, 3.05) is 0 Å². The summed E-state index contributed by atoms with van der Waals surface area (Å²) in [5, 5.41) is 9.17. The molecule has 0 aliphatic heterocycles. The molecule has 18 heavy (non-hydrogen) atoms. The Morgan fingerprint density at radius 3 is 2.61 bits per heavy atom. The van der Waals surface area contributed by atoms with Crippen LogP contribution in [0.2, 0.25) is 0 Å². The number of carboxylic acid groups (broad SMARTS) is 1. The standard InChI is InChI=1S/C14H19NO3/c1-7(2)11-12(14(16)17)18-13(15-11)10-6-8-3-4-9(10)5-8/h7-10H,3-6H2,1-2H3,(H,16,17). The van der Waals surface area contributed by atoms with Crippen molar-refractivity contribution < 1.29 is 14.3 Å². The molecule has 0 spiro atoms. The lowest BCUT2D eigenvalue weighted by molar-refractivity contribution is 0.0656. The van der Waals surface area contributed by atoms with Crippen molar-refractivity contribution in [1.29, 1.82) is 0 Å². The molecule has 4 heteroatoms. The first kappa shape index (κ1) is 11.8. The van der Waals surface area contributed by atoms with Gasteiger partial charge in [0.05, 0.1) is 5.69 Å². The van der Waals surface area contributed by atoms with Crippen molar-refractivity contribution in [3.63, 3.8) is 0 Å². The Labute approximate surface area is 106 Å². The average Bonchev–Trinajstić information content (AvgIpc) is 3.02. The Balaban J connectivity index is 1.93. The minimum absolute atomic E-state index is 0.0442. The number of carbonyl (C=O) groups is 1. The zero-order valence-corrected chi connectivity index (χ0v) is 10.8. The number of aromatic nitrogens is 1. The third-order valence-electron chi connectivity index (χ3n) is 4.47. The Morgan fingerprint density at radius 1 is 1.39 bits per heavy atom. The topological polar surface area (TPSA) is 63.3 Å². The number of hydrogen-bond acceptors (Lipinski definition) is 3. The van der Waals surface area contributed by atoms with Gasteiger partial charge in [0, 0.05) is 5.92 Å². The summed E-state index contributed by atoms with van der Waals surface area (Å²) in [5.41, 5.74) is 0.597. The van der Waals surface area contributed by atoms with Crippen LogP contribution in [0.4, 0.5) is 0 Å². The number of fused-ring (bicyclic) bond motifs is 2. The molecule has 98 valence electrons. The van der Waals surface area contributed by atoms with Gasteiger partial charge < -0.3 is 9.52 Å². The first-order chi connectivity index (χ1) is 8.56. The number of rotatable bonds is 3. The molecule has 2 aliphatic rings. The molecule has 0 radical (unpaired) electrons. The van der Waals surface area contributed by atoms with Gasteiger partial charge in [0.2, 0.25) is 5.76 Å². The Bertz CT molecular complexity index is 477. The second-order valence-corrected chi connectivity index (χ2v) is 6.01. The maximum atomic E-state index is 11.2. The highest BCUT2D eigenvalue weighted by Gasteiger charge is 2.43. The number of aromatic carboxylic acids is 1. The van der Waals surface area contributed by atoms with Gasteiger partial charge in [0.25, 0.3) is 0 Å². The molecular formula is C14H19NO3. The van der Waals surface area contributed by atoms with Gasteiger partial charge in [0.15, 0.2) is 5.89 Å². The molecule has 1 aromatic rings. The van der Waals surface area contributed by atoms with Crippen molar-refractivity contribution >= 4 is 5.97 Å². The van der Waals surface area contributed by atoms with E-state index in [-0.39, 0.29) is 11.7 Å². The van der Waals surface area contributed by atoms with E-state index in [1.54, 1.807) is 0 Å². The lowest BCUT2D eigenvalue weighted by Crippen LogP contribution is -2.08. The summed E-state index contributed by atoms with van der Waals surface area (Å²) in [7, 11) is 0. The molecule has 1 aromatic heterocycles. The second kappa shape index (κ2) is 4.11. The van der Waals surface area contributed by atoms with E-state index in [2.05, 4.69) is 4.98 Å². The molecule has 3 rings (SSSR count). The summed E-state index contributed by atoms with van der Waals surface area (Å²) in [6.45, 7) is 3.91. The fraction of sp³-hybridized carbons (Fsp3) is 0.714. The molecule has 0 aromatic carbocycles. The van der Waals surface area contributed by atoms with Crippen LogP contribution in [0.1, 0.15) is 73.5 Å². The van der Waals surface area contributed by atoms with Crippen LogP contribution < -0.4 is 0 Å². The van der Waals surface area contributed by atoms with E-state index in [4.69, 9.17) is 9.52 Å². The van der Waals surface area contributed by atoms with Gasteiger partial charge in [0.1, 0.15) is 0 Å². The first-order valence-corrected chi connectivity index (χ1v) is 6.80. The van der Waals surface area contributed by atoms with Crippen molar-refractivity contribution in [3.8, 4) is 0 Å². The van der Waals surface area contributed by atoms with Crippen molar-refractivity contribution in [2.45, 2.75) is 51.4 Å². The summed E-state index contributed by atoms with van der Waals surface area (Å²) < 4.78 is 5.56. The van der Waals surface area contributed by atoms with Crippen LogP contribution in [0.3, 0.4) is 0 Å². The maximum Gasteiger partial charge on any atom is 0.373 e. The van der Waals surface area contributed by atoms with E-state index in [9.17, 15) is 4.79 Å². The largest absolute Gasteiger partial charge is 0.475 e. The molecule has 2 aliphatic carbocycles. The highest BCUT2D eigenvalue weighted by molar-refractivity contribution is 5.85. The first-order valence-electron chi connectivity index (χ1n) is 6.80. The lowest BCUT2D eigenvalue weighted by atomic mass is 9.89. The minimum Gasteiger partial charge on any atom is -0.475 e. The molecule has 0 amide bonds. The molecule has 1 heterocycles. The molecule has 3 unspecified atom stereocenters. The molecule has 2 bridgehead atoms. The number of nitrogens with zero attached hydrogens (tertiary/aromatic N) is 1. The van der Waals surface area contributed by atoms with E-state index in [0.29, 0.717) is 23.4 Å². The normalized spacial score (nSPS) is 30.3. The number of oxazole rings is 1. The third-order valence-corrected chi connectivity index (χ3v) is 4.47. The van der Waals surface area contributed by atoms with Crippen LogP contribution in [-0.4, -0.2) is 16.1 Å². The maximum absolute atomic E-state index is 11.2. The number of hydrogen-bond donors (Lipinski definition) is 1. The average molecular weight is 249 g/mol. The summed E-state index contributed by atoms with van der Waals surface area (Å²) in [6.07, 6.45) is 4.97. The molecule has 2 saturated carbocycles. The quantitative estimate of drug-likeness (QED) is 0.891. The second-order valence-electron chi connectivity index (χ2n) is 6.01. The SMILES string of the molecule is CC(C)c1nc(C2CC3CCC2C3)oc1C(=O)O. The summed E-state index contributed by atoms with van der Waals surface area (Å²) >= 11 is 0. The summed E-state index contributed by atoms with van der Waals surface area (Å²) in [4.78, 5) is 15.7. The van der Waals surface area contributed by atoms with Crippen LogP contribution in [-0.2, 0) is 0 Å². The van der Waals surface area contributed by atoms with Gasteiger partial charge in [-0.3, -0.25) is 0 Å². The van der Waals surface area contributed by atoms with Crippen LogP contribution in [0.5, 0.6) is 0 Å². The summed E-state index contributed by atoms with van der Waals surface area (Å²) in [6, 6.07) is 0. The molecule has 3 atom stereocenters. The van der Waals surface area contributed by atoms with Gasteiger partial charge >= 0.3 is 5.97 Å². The predicted octanol–water partition coefficient (Wildman–Crippen LogP) is 3.40. The van der Waals surface area contributed by atoms with Gasteiger partial charge in [-0.1, -0.05) is 20.3 Å². The van der Waals surface area contributed by atoms with Gasteiger partial charge in [-0.05, 0) is 37.0 Å². The van der Waals surface area contributed by atoms with E-state index in [0.717, 1.165) is 12.3 Å². The van der Waals surface area contributed by atoms with Gasteiger partial charge in [-0.2, -0.15) is 0 Å². The van der Waals surface area contributed by atoms with Crippen LogP contribution >= 0.6 is 0 Å². The van der Waals surface area contributed by atoms with Gasteiger partial charge in [-0.25, -0.2) is 9.78 Å². The van der Waals surface area contributed by atoms with E-state index >= 15 is 0 Å². The fourth-order valence-corrected chi connectivity index (χ4v) is 3.60. The molecular weight excluding hydrogens is 230 g/mol. The van der Waals surface area contributed by atoms with Crippen molar-refractivity contribution in [2.24, 2.45) is 11.8 Å². The van der Waals surface area contributed by atoms with E-state index < -0.39 is 5.97 Å². The Kier molecular flexibility index (Phi) is 2.68. The van der Waals surface area contributed by atoms with Crippen LogP contribution in [0.25, 0.3) is 0 Å². The third kappa shape index (κ3) is 1.74. The zero-order chi connectivity index (χ0) is 12.9. The molecule has 4 nitrogen and oxygen atoms in total. The van der Waals surface area contributed by atoms with Crippen molar-refractivity contribution in [1.82, 2.24) is 4.98 Å². The van der Waals surface area contributed by atoms with Crippen LogP contribution in [0, 0.1) is 11.8 Å².